The van der Waals surface area contributed by atoms with Gasteiger partial charge in [-0.1, -0.05) is 5.21 Å². The third-order valence-corrected chi connectivity index (χ3v) is 1.48. The number of nitrogens with one attached hydrogen (secondary N) is 1. The normalized spacial score (nSPS) is 9.75. The van der Waals surface area contributed by atoms with Crippen molar-refractivity contribution in [2.45, 2.75) is 11.9 Å². The van der Waals surface area contributed by atoms with Gasteiger partial charge in [0.1, 0.15) is 5.03 Å². The minimum absolute atomic E-state index is 0.866. The fraction of sp³-hybridized carbons (Fsp3) is 0.250. The average Bonchev–Trinajstić information content (AvgIpc) is 2.14. The second-order valence-corrected chi connectivity index (χ2v) is 2.06. The van der Waals surface area contributed by atoms with Gasteiger partial charge in [-0.25, -0.2) is 0 Å². The Labute approximate surface area is 51.9 Å². The van der Waals surface area contributed by atoms with E-state index in [4.69, 9.17) is 0 Å². The summed E-state index contributed by atoms with van der Waals surface area (Å²) in [6.07, 6.45) is 3.58. The molecule has 1 rings (SSSR count). The van der Waals surface area contributed by atoms with Crippen LogP contribution in [0.1, 0.15) is 5.69 Å². The highest BCUT2D eigenvalue weighted by atomic mass is 32.2. The minimum atomic E-state index is 0.866. The maximum absolute atomic E-state index is 3.73. The Morgan fingerprint density at radius 3 is 2.75 bits per heavy atom. The van der Waals surface area contributed by atoms with E-state index in [2.05, 4.69) is 21.7 Å². The number of H-pyrrole nitrogens is 1. The highest BCUT2D eigenvalue weighted by Gasteiger charge is 1.96. The van der Waals surface area contributed by atoms with E-state index in [0.29, 0.717) is 0 Å². The smallest absolute Gasteiger partial charge is 0.141 e. The molecule has 0 aliphatic carbocycles. The summed E-state index contributed by atoms with van der Waals surface area (Å²) in [5, 5.41) is 10.8. The number of aromatic nitrogens is 3. The summed E-state index contributed by atoms with van der Waals surface area (Å²) in [6.45, 7) is 1.91. The summed E-state index contributed by atoms with van der Waals surface area (Å²) in [6, 6.07) is 0. The first-order valence-electron chi connectivity index (χ1n) is 2.14. The molecule has 1 aromatic rings. The molecule has 1 N–H and O–H groups in total. The molecule has 1 heterocycles. The quantitative estimate of drug-likeness (QED) is 0.573. The summed E-state index contributed by atoms with van der Waals surface area (Å²) in [4.78, 5) is 0. The average molecular weight is 128 g/mol. The largest absolute Gasteiger partial charge is 0.261 e. The van der Waals surface area contributed by atoms with Crippen molar-refractivity contribution >= 4 is 11.8 Å². The molecule has 8 heavy (non-hydrogen) atoms. The third kappa shape index (κ3) is 0.838. The number of aryl methyl sites for hydroxylation is 1. The van der Waals surface area contributed by atoms with Crippen molar-refractivity contribution in [2.75, 3.05) is 0 Å². The molecule has 43 valence electrons. The molecule has 0 saturated heterocycles. The van der Waals surface area contributed by atoms with Crippen LogP contribution in [0.4, 0.5) is 0 Å². The molecule has 0 aliphatic heterocycles. The van der Waals surface area contributed by atoms with Crippen molar-refractivity contribution in [1.82, 2.24) is 15.4 Å². The monoisotopic (exact) mass is 128 g/mol. The lowest BCUT2D eigenvalue weighted by Gasteiger charge is -1.83. The SMILES string of the molecule is [CH2]Sc1nn[nH]c1C. The van der Waals surface area contributed by atoms with Crippen LogP contribution in [0, 0.1) is 13.2 Å². The molecule has 0 unspecified atom stereocenters. The highest BCUT2D eigenvalue weighted by Crippen LogP contribution is 2.13. The molecule has 1 radical (unpaired) electrons. The van der Waals surface area contributed by atoms with Crippen LogP contribution < -0.4 is 0 Å². The number of thioether (sulfide) groups is 1. The number of aromatic amines is 1. The van der Waals surface area contributed by atoms with Gasteiger partial charge in [-0.15, -0.1) is 16.9 Å². The van der Waals surface area contributed by atoms with Gasteiger partial charge in [0.25, 0.3) is 0 Å². The van der Waals surface area contributed by atoms with Gasteiger partial charge in [0.05, 0.1) is 5.69 Å². The summed E-state index contributed by atoms with van der Waals surface area (Å²) in [5.41, 5.74) is 0.977. The van der Waals surface area contributed by atoms with E-state index in [0.717, 1.165) is 10.7 Å². The van der Waals surface area contributed by atoms with Crippen LogP contribution in [0.5, 0.6) is 0 Å². The number of rotatable bonds is 1. The predicted octanol–water partition coefficient (Wildman–Crippen LogP) is 0.997. The van der Waals surface area contributed by atoms with Crippen LogP contribution in [0.15, 0.2) is 5.03 Å². The van der Waals surface area contributed by atoms with Crippen LogP contribution in [0.2, 0.25) is 0 Å². The number of nitrogens with zero attached hydrogens (tertiary/aromatic N) is 2. The summed E-state index contributed by atoms with van der Waals surface area (Å²) in [5.74, 6) is 0. The fourth-order valence-electron chi connectivity index (χ4n) is 0.405. The first-order chi connectivity index (χ1) is 3.84. The summed E-state index contributed by atoms with van der Waals surface area (Å²) >= 11 is 1.35. The zero-order chi connectivity index (χ0) is 5.98. The molecule has 0 spiro atoms. The first-order valence-corrected chi connectivity index (χ1v) is 3.13. The van der Waals surface area contributed by atoms with Crippen molar-refractivity contribution in [2.24, 2.45) is 0 Å². The Morgan fingerprint density at radius 1 is 1.75 bits per heavy atom. The van der Waals surface area contributed by atoms with Crippen LogP contribution in [0.25, 0.3) is 0 Å². The van der Waals surface area contributed by atoms with Crippen LogP contribution in [0.3, 0.4) is 0 Å². The van der Waals surface area contributed by atoms with Gasteiger partial charge in [-0.2, -0.15) is 0 Å². The van der Waals surface area contributed by atoms with Gasteiger partial charge in [-0.3, -0.25) is 5.10 Å². The van der Waals surface area contributed by atoms with Gasteiger partial charge in [-0.05, 0) is 6.92 Å². The van der Waals surface area contributed by atoms with Crippen molar-refractivity contribution in [1.29, 1.82) is 0 Å². The lowest BCUT2D eigenvalue weighted by Crippen LogP contribution is -1.70. The molecular formula is C4H6N3S. The summed E-state index contributed by atoms with van der Waals surface area (Å²) in [7, 11) is 0. The lowest BCUT2D eigenvalue weighted by atomic mass is 10.6. The molecule has 4 heteroatoms. The molecule has 0 atom stereocenters. The maximum Gasteiger partial charge on any atom is 0.141 e. The Balaban J connectivity index is 2.92. The summed E-state index contributed by atoms with van der Waals surface area (Å²) < 4.78 is 0. The van der Waals surface area contributed by atoms with E-state index in [9.17, 15) is 0 Å². The zero-order valence-electron chi connectivity index (χ0n) is 4.51. The Morgan fingerprint density at radius 2 is 2.50 bits per heavy atom. The van der Waals surface area contributed by atoms with E-state index in [1.54, 1.807) is 0 Å². The van der Waals surface area contributed by atoms with E-state index in [-0.39, 0.29) is 0 Å². The molecule has 1 aromatic heterocycles. The van der Waals surface area contributed by atoms with Gasteiger partial charge in [0.15, 0.2) is 0 Å². The first kappa shape index (κ1) is 5.62. The Bertz CT molecular complexity index is 172. The Kier molecular flexibility index (Phi) is 1.53. The van der Waals surface area contributed by atoms with Crippen LogP contribution in [-0.4, -0.2) is 15.4 Å². The molecular weight excluding hydrogens is 122 g/mol. The second kappa shape index (κ2) is 2.17. The number of hydrogen-bond donors (Lipinski definition) is 1. The third-order valence-electron chi connectivity index (χ3n) is 0.816. The fourth-order valence-corrected chi connectivity index (χ4v) is 0.766. The van der Waals surface area contributed by atoms with Crippen molar-refractivity contribution in [3.63, 3.8) is 0 Å². The van der Waals surface area contributed by atoms with E-state index in [1.165, 1.54) is 11.8 Å². The molecule has 0 aromatic carbocycles. The van der Waals surface area contributed by atoms with E-state index >= 15 is 0 Å². The van der Waals surface area contributed by atoms with E-state index < -0.39 is 0 Å². The van der Waals surface area contributed by atoms with Crippen LogP contribution >= 0.6 is 11.8 Å². The van der Waals surface area contributed by atoms with Gasteiger partial charge < -0.3 is 0 Å². The van der Waals surface area contributed by atoms with Crippen LogP contribution in [-0.2, 0) is 0 Å². The molecule has 3 nitrogen and oxygen atoms in total. The molecule has 0 amide bonds. The number of hydrogen-bond acceptors (Lipinski definition) is 3. The lowest BCUT2D eigenvalue weighted by molar-refractivity contribution is 0.909. The van der Waals surface area contributed by atoms with Crippen molar-refractivity contribution < 1.29 is 0 Å². The molecule has 0 aliphatic rings. The van der Waals surface area contributed by atoms with Gasteiger partial charge in [0.2, 0.25) is 0 Å². The Hall–Kier alpha value is -0.510. The van der Waals surface area contributed by atoms with Crippen molar-refractivity contribution in [3.8, 4) is 0 Å². The van der Waals surface area contributed by atoms with Crippen molar-refractivity contribution in [3.05, 3.63) is 11.9 Å². The zero-order valence-corrected chi connectivity index (χ0v) is 5.33. The molecule has 0 bridgehead atoms. The maximum atomic E-state index is 3.73. The minimum Gasteiger partial charge on any atom is -0.261 e. The topological polar surface area (TPSA) is 41.6 Å². The second-order valence-electron chi connectivity index (χ2n) is 1.39. The highest BCUT2D eigenvalue weighted by molar-refractivity contribution is 8.00. The standard InChI is InChI=1S/C4H6N3S/c1-3-4(8-2)6-7-5-3/h2H2,1H3,(H,5,6,7). The van der Waals surface area contributed by atoms with E-state index in [1.807, 2.05) is 6.92 Å². The predicted molar refractivity (Wildman–Crippen MR) is 32.3 cm³/mol. The van der Waals surface area contributed by atoms with Gasteiger partial charge >= 0.3 is 0 Å². The molecule has 0 fully saturated rings. The molecule has 0 saturated carbocycles. The van der Waals surface area contributed by atoms with Gasteiger partial charge in [0, 0.05) is 6.26 Å².